The zero-order valence-corrected chi connectivity index (χ0v) is 33.9. The van der Waals surface area contributed by atoms with Gasteiger partial charge in [-0.2, -0.15) is 0 Å². The lowest BCUT2D eigenvalue weighted by atomic mass is 9.77. The number of sulfonamides is 1. The molecule has 4 amide bonds. The molecule has 16 heteroatoms. The molecule has 0 spiro atoms. The van der Waals surface area contributed by atoms with Gasteiger partial charge < -0.3 is 29.3 Å². The maximum absolute atomic E-state index is 14.9. The maximum atomic E-state index is 14.9. The summed E-state index contributed by atoms with van der Waals surface area (Å²) in [6.07, 6.45) is 4.24. The minimum absolute atomic E-state index is 0.00613. The van der Waals surface area contributed by atoms with Crippen molar-refractivity contribution in [2.24, 2.45) is 17.3 Å². The summed E-state index contributed by atoms with van der Waals surface area (Å²) in [6, 6.07) is 10.0. The monoisotopic (exact) mass is 814 g/mol. The van der Waals surface area contributed by atoms with E-state index in [1.807, 2.05) is 57.2 Å². The molecule has 2 N–H and O–H groups in total. The van der Waals surface area contributed by atoms with Crippen molar-refractivity contribution in [1.82, 2.24) is 29.8 Å². The molecule has 2 saturated carbocycles. The molecular weight excluding hydrogens is 765 g/mol. The maximum Gasteiger partial charge on any atom is 0.259 e. The highest BCUT2D eigenvalue weighted by atomic mass is 32.2. The summed E-state index contributed by atoms with van der Waals surface area (Å²) in [6.45, 7) is 11.7. The molecule has 2 saturated heterocycles. The van der Waals surface area contributed by atoms with Crippen molar-refractivity contribution in [3.05, 3.63) is 60.8 Å². The van der Waals surface area contributed by atoms with Gasteiger partial charge in [-0.05, 0) is 48.9 Å². The van der Waals surface area contributed by atoms with Crippen LogP contribution in [-0.2, 0) is 40.4 Å². The van der Waals surface area contributed by atoms with Gasteiger partial charge in [0.25, 0.3) is 5.91 Å². The highest BCUT2D eigenvalue weighted by Gasteiger charge is 2.62. The number of ether oxygens (including phenoxy) is 3. The molecule has 4 fully saturated rings. The van der Waals surface area contributed by atoms with E-state index in [0.717, 1.165) is 16.7 Å². The van der Waals surface area contributed by atoms with Crippen molar-refractivity contribution in [3.63, 3.8) is 0 Å². The van der Waals surface area contributed by atoms with Gasteiger partial charge in [-0.1, -0.05) is 32.9 Å². The number of likely N-dealkylation sites (tertiary alicyclic amines) is 1. The third kappa shape index (κ3) is 7.75. The quantitative estimate of drug-likeness (QED) is 0.256. The van der Waals surface area contributed by atoms with Crippen LogP contribution in [0, 0.1) is 17.3 Å². The number of nitrogens with zero attached hydrogens (tertiary/aromatic N) is 4. The number of hydrogen-bond donors (Lipinski definition) is 2. The summed E-state index contributed by atoms with van der Waals surface area (Å²) < 4.78 is 45.9. The predicted octanol–water partition coefficient (Wildman–Crippen LogP) is 3.16. The predicted molar refractivity (Wildman–Crippen MR) is 213 cm³/mol. The Morgan fingerprint density at radius 2 is 1.86 bits per heavy atom. The molecule has 5 aliphatic rings. The third-order valence-electron chi connectivity index (χ3n) is 12.0. The molecule has 3 aromatic rings. The number of morpholine rings is 1. The fraction of sp³-hybridized carbons (Fsp3) is 0.524. The highest BCUT2D eigenvalue weighted by Crippen LogP contribution is 2.46. The van der Waals surface area contributed by atoms with Gasteiger partial charge in [0.15, 0.2) is 0 Å². The van der Waals surface area contributed by atoms with E-state index in [0.29, 0.717) is 74.8 Å². The molecular formula is C42H50N6O9S. The largest absolute Gasteiger partial charge is 0.493 e. The normalized spacial score (nSPS) is 24.7. The number of carbonyl (C=O) groups is 4. The zero-order valence-electron chi connectivity index (χ0n) is 33.1. The van der Waals surface area contributed by atoms with Crippen LogP contribution in [0.3, 0.4) is 0 Å². The van der Waals surface area contributed by atoms with Crippen LogP contribution in [0.4, 0.5) is 0 Å². The lowest BCUT2D eigenvalue weighted by molar-refractivity contribution is -0.149. The summed E-state index contributed by atoms with van der Waals surface area (Å²) in [5.41, 5.74) is 0.649. The van der Waals surface area contributed by atoms with Gasteiger partial charge in [0.2, 0.25) is 27.7 Å². The van der Waals surface area contributed by atoms with Crippen molar-refractivity contribution in [3.8, 4) is 22.9 Å². The van der Waals surface area contributed by atoms with E-state index in [1.54, 1.807) is 11.1 Å². The smallest absolute Gasteiger partial charge is 0.259 e. The van der Waals surface area contributed by atoms with Gasteiger partial charge in [0.05, 0.1) is 54.4 Å². The van der Waals surface area contributed by atoms with Gasteiger partial charge in [0, 0.05) is 61.5 Å². The van der Waals surface area contributed by atoms with E-state index in [4.69, 9.17) is 19.2 Å². The number of rotatable bonds is 12. The lowest BCUT2D eigenvalue weighted by Crippen LogP contribution is -2.57. The average Bonchev–Trinajstić information content (AvgIpc) is 4.09. The van der Waals surface area contributed by atoms with Crippen LogP contribution >= 0.6 is 0 Å². The first-order chi connectivity index (χ1) is 27.7. The molecule has 15 nitrogen and oxygen atoms in total. The van der Waals surface area contributed by atoms with Crippen molar-refractivity contribution in [1.29, 1.82) is 0 Å². The van der Waals surface area contributed by atoms with Crippen LogP contribution in [0.15, 0.2) is 55.3 Å². The fourth-order valence-corrected chi connectivity index (χ4v) is 9.70. The fourth-order valence-electron chi connectivity index (χ4n) is 8.34. The van der Waals surface area contributed by atoms with Crippen LogP contribution in [0.1, 0.15) is 58.4 Å². The third-order valence-corrected chi connectivity index (χ3v) is 13.8. The average molecular weight is 815 g/mol. The first-order valence-electron chi connectivity index (χ1n) is 20.0. The first kappa shape index (κ1) is 39.7. The number of nitrogens with one attached hydrogen (secondary N) is 2. The first-order valence-corrected chi connectivity index (χ1v) is 21.6. The summed E-state index contributed by atoms with van der Waals surface area (Å²) in [7, 11) is -3.91. The Bertz CT molecular complexity index is 2250. The molecule has 1 aromatic carbocycles. The number of aromatic nitrogens is 2. The van der Waals surface area contributed by atoms with Crippen molar-refractivity contribution >= 4 is 44.6 Å². The molecule has 2 aliphatic carbocycles. The van der Waals surface area contributed by atoms with E-state index in [1.165, 1.54) is 11.0 Å². The molecule has 0 bridgehead atoms. The summed E-state index contributed by atoms with van der Waals surface area (Å²) in [4.78, 5) is 69.4. The van der Waals surface area contributed by atoms with Crippen molar-refractivity contribution in [2.45, 2.75) is 82.2 Å². The second kappa shape index (κ2) is 15.3. The van der Waals surface area contributed by atoms with Gasteiger partial charge in [-0.3, -0.25) is 28.9 Å². The number of fused-ring (bicyclic) bond motifs is 3. The number of benzene rings is 1. The van der Waals surface area contributed by atoms with Crippen LogP contribution in [0.5, 0.6) is 11.5 Å². The molecule has 8 rings (SSSR count). The Hall–Kier alpha value is -5.09. The second-order valence-electron chi connectivity index (χ2n) is 17.0. The second-order valence-corrected chi connectivity index (χ2v) is 19.0. The topological polar surface area (TPSA) is 186 Å². The van der Waals surface area contributed by atoms with Crippen LogP contribution in [-0.4, -0.2) is 114 Å². The standard InChI is InChI=1S/C42H50N6O9S/c1-5-25-23-42(25,40(52)46-58(53,54)27-9-10-27)45-38(50)33-20-26(24-48(33)39(51)30(41(2,3)4)21-36(49)47-15-18-55-19-16-47)57-35-22-32(31-8-6-7-14-43-31)44-37-28(35)11-12-34-29(37)13-17-56-34/h5-8,11-12,14,22,25-27,30,33H,1,9-10,13,15-21,23-24H2,2-4H3,(H,45,50)(H,46,52)/t25-,26-,30?,33+,42-/m1/s1. The highest BCUT2D eigenvalue weighted by molar-refractivity contribution is 7.91. The molecule has 308 valence electrons. The van der Waals surface area contributed by atoms with E-state index in [-0.39, 0.29) is 31.7 Å². The molecule has 5 atom stereocenters. The van der Waals surface area contributed by atoms with E-state index < -0.39 is 67.9 Å². The van der Waals surface area contributed by atoms with Gasteiger partial charge in [0.1, 0.15) is 29.2 Å². The SMILES string of the molecule is C=C[C@@H]1C[C@]1(NC(=O)[C@@H]1C[C@@H](Oc2cc(-c3ccccn3)nc3c4c(ccc23)OCC4)CN1C(=O)C(CC(=O)N1CCOCC1)C(C)(C)C)C(=O)NS(=O)(=O)C1CC1. The minimum atomic E-state index is -3.91. The van der Waals surface area contributed by atoms with Gasteiger partial charge >= 0.3 is 0 Å². The van der Waals surface area contributed by atoms with E-state index in [9.17, 15) is 27.6 Å². The Morgan fingerprint density at radius 3 is 2.53 bits per heavy atom. The van der Waals surface area contributed by atoms with Crippen LogP contribution < -0.4 is 19.5 Å². The van der Waals surface area contributed by atoms with Gasteiger partial charge in [-0.25, -0.2) is 13.4 Å². The zero-order chi connectivity index (χ0) is 41.0. The van der Waals surface area contributed by atoms with Gasteiger partial charge in [-0.15, -0.1) is 6.58 Å². The van der Waals surface area contributed by atoms with Crippen molar-refractivity contribution in [2.75, 3.05) is 39.5 Å². The van der Waals surface area contributed by atoms with E-state index >= 15 is 0 Å². The molecule has 3 aliphatic heterocycles. The summed E-state index contributed by atoms with van der Waals surface area (Å²) >= 11 is 0. The molecule has 2 aromatic heterocycles. The molecule has 0 radical (unpaired) electrons. The van der Waals surface area contributed by atoms with Crippen LogP contribution in [0.25, 0.3) is 22.3 Å². The number of amides is 4. The summed E-state index contributed by atoms with van der Waals surface area (Å²) in [5.74, 6) is -2.11. The van der Waals surface area contributed by atoms with Crippen LogP contribution in [0.2, 0.25) is 0 Å². The Labute approximate surface area is 337 Å². The minimum Gasteiger partial charge on any atom is -0.493 e. The lowest BCUT2D eigenvalue weighted by Gasteiger charge is -2.36. The molecule has 5 heterocycles. The number of carbonyl (C=O) groups excluding carboxylic acids is 4. The molecule has 58 heavy (non-hydrogen) atoms. The molecule has 1 unspecified atom stereocenters. The summed E-state index contributed by atoms with van der Waals surface area (Å²) in [5, 5.41) is 2.95. The number of hydrogen-bond acceptors (Lipinski definition) is 11. The Morgan fingerprint density at radius 1 is 1.09 bits per heavy atom. The van der Waals surface area contributed by atoms with Crippen molar-refractivity contribution < 1.29 is 41.8 Å². The Balaban J connectivity index is 1.12. The van der Waals surface area contributed by atoms with E-state index in [2.05, 4.69) is 21.6 Å². The Kier molecular flexibility index (Phi) is 10.4. The number of pyridine rings is 2.